The van der Waals surface area contributed by atoms with Crippen LogP contribution in [0.2, 0.25) is 0 Å². The summed E-state index contributed by atoms with van der Waals surface area (Å²) in [6, 6.07) is 11.1. The Morgan fingerprint density at radius 2 is 1.91 bits per heavy atom. The lowest BCUT2D eigenvalue weighted by Crippen LogP contribution is -2.26. The maximum atomic E-state index is 11.8. The average Bonchev–Trinajstić information content (AvgIpc) is 2.52. The number of anilines is 1. The third kappa shape index (κ3) is 4.44. The fourth-order valence-electron chi connectivity index (χ4n) is 2.02. The monoisotopic (exact) mass is 300 g/mol. The van der Waals surface area contributed by atoms with Crippen LogP contribution in [-0.2, 0) is 6.42 Å². The van der Waals surface area contributed by atoms with Gasteiger partial charge in [0.1, 0.15) is 5.69 Å². The predicted molar refractivity (Wildman–Crippen MR) is 86.3 cm³/mol. The lowest BCUT2D eigenvalue weighted by Gasteiger charge is -2.12. The van der Waals surface area contributed by atoms with Crippen LogP contribution in [0.5, 0.6) is 0 Å². The highest BCUT2D eigenvalue weighted by atomic mass is 16.2. The summed E-state index contributed by atoms with van der Waals surface area (Å²) >= 11 is 0. The Kier molecular flexibility index (Phi) is 5.30. The topological polar surface area (TPSA) is 78.1 Å². The first-order chi connectivity index (χ1) is 10.6. The second kappa shape index (κ2) is 7.40. The Morgan fingerprint density at radius 3 is 2.50 bits per heavy atom. The molecule has 0 aliphatic heterocycles. The largest absolute Gasteiger partial charge is 0.378 e. The molecule has 0 bridgehead atoms. The summed E-state index contributed by atoms with van der Waals surface area (Å²) < 4.78 is 0. The first-order valence-corrected chi connectivity index (χ1v) is 7.16. The Labute approximate surface area is 129 Å². The van der Waals surface area contributed by atoms with Crippen LogP contribution in [0.3, 0.4) is 0 Å². The van der Waals surface area contributed by atoms with Gasteiger partial charge in [-0.3, -0.25) is 9.59 Å². The number of H-pyrrole nitrogens is 1. The van der Waals surface area contributed by atoms with E-state index >= 15 is 0 Å². The SMILES string of the molecule is CN(C)c1ccc(CCCNC(=O)c2ccc(=O)[nH]n2)cc1. The van der Waals surface area contributed by atoms with Gasteiger partial charge in [-0.15, -0.1) is 0 Å². The molecule has 6 nitrogen and oxygen atoms in total. The van der Waals surface area contributed by atoms with E-state index in [4.69, 9.17) is 0 Å². The van der Waals surface area contributed by atoms with Gasteiger partial charge in [-0.2, -0.15) is 5.10 Å². The first-order valence-electron chi connectivity index (χ1n) is 7.16. The number of nitrogens with one attached hydrogen (secondary N) is 2. The van der Waals surface area contributed by atoms with Gasteiger partial charge in [0.15, 0.2) is 0 Å². The number of carbonyl (C=O) groups excluding carboxylic acids is 1. The van der Waals surface area contributed by atoms with E-state index in [9.17, 15) is 9.59 Å². The summed E-state index contributed by atoms with van der Waals surface area (Å²) in [5.74, 6) is -0.279. The van der Waals surface area contributed by atoms with Crippen LogP contribution in [0.15, 0.2) is 41.2 Å². The van der Waals surface area contributed by atoms with Crippen molar-refractivity contribution in [3.8, 4) is 0 Å². The summed E-state index contributed by atoms with van der Waals surface area (Å²) in [6.45, 7) is 0.565. The van der Waals surface area contributed by atoms with Gasteiger partial charge in [0.2, 0.25) is 0 Å². The molecule has 1 aromatic carbocycles. The summed E-state index contributed by atoms with van der Waals surface area (Å²) in [5.41, 5.74) is 2.30. The van der Waals surface area contributed by atoms with E-state index < -0.39 is 0 Å². The number of carbonyl (C=O) groups is 1. The van der Waals surface area contributed by atoms with Gasteiger partial charge < -0.3 is 10.2 Å². The van der Waals surface area contributed by atoms with E-state index in [1.165, 1.54) is 23.4 Å². The fraction of sp³-hybridized carbons (Fsp3) is 0.312. The standard InChI is InChI=1S/C16H20N4O2/c1-20(2)13-7-5-12(6-8-13)4-3-11-17-16(22)14-9-10-15(21)19-18-14/h5-10H,3-4,11H2,1-2H3,(H,17,22)(H,19,21). The van der Waals surface area contributed by atoms with Crippen molar-refractivity contribution in [2.24, 2.45) is 0 Å². The number of aromatic amines is 1. The quantitative estimate of drug-likeness (QED) is 0.786. The molecule has 2 rings (SSSR count). The van der Waals surface area contributed by atoms with Gasteiger partial charge in [0.05, 0.1) is 0 Å². The zero-order valence-electron chi connectivity index (χ0n) is 12.8. The number of hydrogen-bond donors (Lipinski definition) is 2. The molecule has 1 heterocycles. The van der Waals surface area contributed by atoms with Crippen molar-refractivity contribution in [1.82, 2.24) is 15.5 Å². The van der Waals surface area contributed by atoms with Crippen LogP contribution in [0.25, 0.3) is 0 Å². The van der Waals surface area contributed by atoms with Crippen molar-refractivity contribution >= 4 is 11.6 Å². The molecule has 2 N–H and O–H groups in total. The molecule has 0 fully saturated rings. The molecule has 1 aromatic heterocycles. The summed E-state index contributed by atoms with van der Waals surface area (Å²) in [6.07, 6.45) is 1.74. The normalized spacial score (nSPS) is 10.3. The van der Waals surface area contributed by atoms with Gasteiger partial charge >= 0.3 is 0 Å². The Bertz CT molecular complexity index is 657. The van der Waals surface area contributed by atoms with Crippen LogP contribution < -0.4 is 15.8 Å². The number of benzene rings is 1. The van der Waals surface area contributed by atoms with Crippen molar-refractivity contribution in [3.63, 3.8) is 0 Å². The molecule has 22 heavy (non-hydrogen) atoms. The maximum Gasteiger partial charge on any atom is 0.271 e. The molecular formula is C16H20N4O2. The van der Waals surface area contributed by atoms with E-state index in [0.717, 1.165) is 12.8 Å². The Morgan fingerprint density at radius 1 is 1.18 bits per heavy atom. The van der Waals surface area contributed by atoms with Gasteiger partial charge in [0.25, 0.3) is 11.5 Å². The van der Waals surface area contributed by atoms with Gasteiger partial charge in [-0.05, 0) is 36.6 Å². The minimum Gasteiger partial charge on any atom is -0.378 e. The van der Waals surface area contributed by atoms with Crippen LogP contribution in [0, 0.1) is 0 Å². The predicted octanol–water partition coefficient (Wildman–Crippen LogP) is 1.20. The first kappa shape index (κ1) is 15.8. The number of aromatic nitrogens is 2. The summed E-state index contributed by atoms with van der Waals surface area (Å²) in [5, 5.41) is 8.71. The molecular weight excluding hydrogens is 280 g/mol. The van der Waals surface area contributed by atoms with Gasteiger partial charge in [-0.25, -0.2) is 5.10 Å². The number of nitrogens with zero attached hydrogens (tertiary/aromatic N) is 2. The van der Waals surface area contributed by atoms with E-state index in [2.05, 4.69) is 44.7 Å². The third-order valence-electron chi connectivity index (χ3n) is 3.29. The molecule has 116 valence electrons. The zero-order valence-corrected chi connectivity index (χ0v) is 12.8. The van der Waals surface area contributed by atoms with Crippen molar-refractivity contribution in [2.75, 3.05) is 25.5 Å². The number of hydrogen-bond acceptors (Lipinski definition) is 4. The number of aryl methyl sites for hydroxylation is 1. The highest BCUT2D eigenvalue weighted by molar-refractivity contribution is 5.91. The highest BCUT2D eigenvalue weighted by Crippen LogP contribution is 2.13. The second-order valence-electron chi connectivity index (χ2n) is 5.23. The van der Waals surface area contributed by atoms with Gasteiger partial charge in [0, 0.05) is 32.4 Å². The molecule has 0 aliphatic rings. The fourth-order valence-corrected chi connectivity index (χ4v) is 2.02. The lowest BCUT2D eigenvalue weighted by atomic mass is 10.1. The minimum atomic E-state index is -0.322. The number of rotatable bonds is 6. The molecule has 0 radical (unpaired) electrons. The van der Waals surface area contributed by atoms with Crippen molar-refractivity contribution in [3.05, 3.63) is 58.0 Å². The van der Waals surface area contributed by atoms with Crippen molar-refractivity contribution in [1.29, 1.82) is 0 Å². The molecule has 0 spiro atoms. The van der Waals surface area contributed by atoms with Gasteiger partial charge in [-0.1, -0.05) is 12.1 Å². The molecule has 0 aliphatic carbocycles. The third-order valence-corrected chi connectivity index (χ3v) is 3.29. The summed E-state index contributed by atoms with van der Waals surface area (Å²) in [7, 11) is 4.02. The number of amides is 1. The van der Waals surface area contributed by atoms with Crippen molar-refractivity contribution in [2.45, 2.75) is 12.8 Å². The summed E-state index contributed by atoms with van der Waals surface area (Å²) in [4.78, 5) is 24.7. The molecule has 0 saturated heterocycles. The molecule has 1 amide bonds. The maximum absolute atomic E-state index is 11.8. The highest BCUT2D eigenvalue weighted by Gasteiger charge is 2.06. The second-order valence-corrected chi connectivity index (χ2v) is 5.23. The lowest BCUT2D eigenvalue weighted by molar-refractivity contribution is 0.0947. The molecule has 0 atom stereocenters. The average molecular weight is 300 g/mol. The van der Waals surface area contributed by atoms with E-state index in [1.54, 1.807) is 0 Å². The van der Waals surface area contributed by atoms with E-state index in [0.29, 0.717) is 6.54 Å². The van der Waals surface area contributed by atoms with Crippen LogP contribution in [0.1, 0.15) is 22.5 Å². The van der Waals surface area contributed by atoms with Crippen LogP contribution in [-0.4, -0.2) is 36.7 Å². The van der Waals surface area contributed by atoms with Crippen LogP contribution in [0.4, 0.5) is 5.69 Å². The van der Waals surface area contributed by atoms with Crippen molar-refractivity contribution < 1.29 is 4.79 Å². The van der Waals surface area contributed by atoms with E-state index in [1.807, 2.05) is 14.1 Å². The Hall–Kier alpha value is -2.63. The zero-order chi connectivity index (χ0) is 15.9. The van der Waals surface area contributed by atoms with E-state index in [-0.39, 0.29) is 17.2 Å². The minimum absolute atomic E-state index is 0.218. The van der Waals surface area contributed by atoms with Crippen LogP contribution >= 0.6 is 0 Å². The molecule has 0 saturated carbocycles. The smallest absolute Gasteiger partial charge is 0.271 e. The molecule has 2 aromatic rings. The molecule has 0 unspecified atom stereocenters. The molecule has 6 heteroatoms. The Balaban J connectivity index is 1.75.